The van der Waals surface area contributed by atoms with Gasteiger partial charge in [0.2, 0.25) is 11.9 Å². The van der Waals surface area contributed by atoms with Gasteiger partial charge in [0, 0.05) is 11.1 Å². The molecule has 11 heteroatoms. The standard InChI is InChI=1S/C26H28ClN5O3P.Li/c1-5-24(33)32(6-2)15-10-16-35-20-12-9-11-19(17-20)29-26-28-18-21(27)25(31-26)30-22-13-7-8-14-23(22)36(3,4)34;/h5,7-11,13-14,17-18H,1-2,6,15-16H2,3-4H3,(H2,28,29,30,31);/q-3;+1. The fourth-order valence-electron chi connectivity index (χ4n) is 3.20. The molecule has 2 N–H and O–H groups in total. The van der Waals surface area contributed by atoms with Gasteiger partial charge in [-0.2, -0.15) is 11.1 Å². The number of halogens is 1. The fourth-order valence-corrected chi connectivity index (χ4v) is 4.50. The van der Waals surface area contributed by atoms with Gasteiger partial charge in [0.15, 0.2) is 5.82 Å². The summed E-state index contributed by atoms with van der Waals surface area (Å²) >= 11 is 6.33. The van der Waals surface area contributed by atoms with Gasteiger partial charge in [0.25, 0.3) is 0 Å². The number of nitrogens with zero attached hydrogens (tertiary/aromatic N) is 3. The van der Waals surface area contributed by atoms with Gasteiger partial charge < -0.3 is 31.8 Å². The number of aromatic nitrogens is 2. The number of carbonyl (C=O) groups is 1. The van der Waals surface area contributed by atoms with Crippen LogP contribution in [-0.2, 0) is 9.36 Å². The van der Waals surface area contributed by atoms with E-state index in [4.69, 9.17) is 16.3 Å². The smallest absolute Gasteiger partial charge is 0.551 e. The van der Waals surface area contributed by atoms with Crippen LogP contribution in [0, 0.1) is 19.4 Å². The number of amides is 1. The van der Waals surface area contributed by atoms with Crippen molar-refractivity contribution in [2.24, 2.45) is 0 Å². The number of benzene rings is 2. The molecular weight excluding hydrogens is 504 g/mol. The molecule has 0 saturated carbocycles. The third-order valence-electron chi connectivity index (χ3n) is 4.97. The van der Waals surface area contributed by atoms with Crippen molar-refractivity contribution in [1.29, 1.82) is 0 Å². The monoisotopic (exact) mass is 531 g/mol. The number of ether oxygens (including phenoxy) is 1. The molecule has 0 aliphatic carbocycles. The average Bonchev–Trinajstić information content (AvgIpc) is 2.85. The van der Waals surface area contributed by atoms with Crippen LogP contribution in [0.2, 0.25) is 5.02 Å². The van der Waals surface area contributed by atoms with Crippen molar-refractivity contribution in [3.63, 3.8) is 0 Å². The van der Waals surface area contributed by atoms with Gasteiger partial charge in [-0.05, 0) is 38.1 Å². The van der Waals surface area contributed by atoms with Crippen molar-refractivity contribution < 1.29 is 33.0 Å². The molecule has 0 radical (unpaired) electrons. The van der Waals surface area contributed by atoms with Crippen LogP contribution in [0.1, 0.15) is 0 Å². The summed E-state index contributed by atoms with van der Waals surface area (Å²) in [6.45, 7) is 11.7. The first kappa shape index (κ1) is 30.5. The number of rotatable bonds is 12. The van der Waals surface area contributed by atoms with Crippen LogP contribution in [0.15, 0.2) is 61.3 Å². The van der Waals surface area contributed by atoms with Crippen LogP contribution < -0.4 is 39.5 Å². The Bertz CT molecular complexity index is 1270. The molecule has 0 fully saturated rings. The molecule has 0 spiro atoms. The zero-order valence-electron chi connectivity index (χ0n) is 21.2. The molecule has 0 aliphatic heterocycles. The molecule has 1 amide bonds. The van der Waals surface area contributed by atoms with Gasteiger partial charge in [-0.1, -0.05) is 36.0 Å². The Balaban J connectivity index is 0.00000481. The van der Waals surface area contributed by atoms with Crippen LogP contribution in [0.5, 0.6) is 5.75 Å². The maximum absolute atomic E-state index is 12.7. The SMILES string of the molecule is C=CC(=O)N(C[CH2-])C[CH-]COc1[c-]ccc(Nc2ncc(Cl)c(Nc3ccccc3P(C)(C)=O)n2)c1.[Li+]. The van der Waals surface area contributed by atoms with Gasteiger partial charge in [-0.25, -0.2) is 4.98 Å². The maximum atomic E-state index is 12.7. The molecule has 0 bridgehead atoms. The first-order valence-electron chi connectivity index (χ1n) is 11.1. The quantitative estimate of drug-likeness (QED) is 0.121. The number of para-hydroxylation sites is 1. The maximum Gasteiger partial charge on any atom is 1.00 e. The van der Waals surface area contributed by atoms with E-state index in [-0.39, 0.29) is 31.4 Å². The summed E-state index contributed by atoms with van der Waals surface area (Å²) in [6.07, 6.45) is 4.57. The predicted octanol–water partition coefficient (Wildman–Crippen LogP) is 2.10. The largest absolute Gasteiger partial charge is 1.00 e. The van der Waals surface area contributed by atoms with Gasteiger partial charge in [-0.3, -0.25) is 11.2 Å². The molecule has 3 aromatic rings. The van der Waals surface area contributed by atoms with E-state index < -0.39 is 7.14 Å². The van der Waals surface area contributed by atoms with E-state index in [9.17, 15) is 9.36 Å². The first-order valence-corrected chi connectivity index (χ1v) is 14.1. The molecule has 3 rings (SSSR count). The molecule has 8 nitrogen and oxygen atoms in total. The Morgan fingerprint density at radius 2 is 2.08 bits per heavy atom. The van der Waals surface area contributed by atoms with E-state index in [1.54, 1.807) is 36.4 Å². The van der Waals surface area contributed by atoms with E-state index >= 15 is 0 Å². The van der Waals surface area contributed by atoms with Crippen LogP contribution in [0.25, 0.3) is 0 Å². The molecule has 0 unspecified atom stereocenters. The van der Waals surface area contributed by atoms with Crippen molar-refractivity contribution in [2.45, 2.75) is 0 Å². The molecule has 2 aromatic carbocycles. The molecular formula is C26H28ClLiN5O3P-2. The van der Waals surface area contributed by atoms with Crippen LogP contribution in [-0.4, -0.2) is 53.8 Å². The van der Waals surface area contributed by atoms with Crippen LogP contribution in [0.3, 0.4) is 0 Å². The molecule has 190 valence electrons. The first-order chi connectivity index (χ1) is 17.2. The topological polar surface area (TPSA) is 96.5 Å². The normalized spacial score (nSPS) is 10.7. The second-order valence-electron chi connectivity index (χ2n) is 8.04. The second kappa shape index (κ2) is 14.3. The summed E-state index contributed by atoms with van der Waals surface area (Å²) in [5.41, 5.74) is 1.36. The van der Waals surface area contributed by atoms with E-state index in [1.807, 2.05) is 30.7 Å². The van der Waals surface area contributed by atoms with Crippen molar-refractivity contribution in [3.05, 3.63) is 85.7 Å². The van der Waals surface area contributed by atoms with Crippen molar-refractivity contribution in [1.82, 2.24) is 14.9 Å². The number of nitrogens with one attached hydrogen (secondary N) is 2. The summed E-state index contributed by atoms with van der Waals surface area (Å²) in [5, 5.41) is 7.33. The Labute approximate surface area is 235 Å². The minimum absolute atomic E-state index is 0. The summed E-state index contributed by atoms with van der Waals surface area (Å²) in [7, 11) is -2.52. The zero-order valence-corrected chi connectivity index (χ0v) is 22.9. The average molecular weight is 532 g/mol. The summed E-state index contributed by atoms with van der Waals surface area (Å²) in [4.78, 5) is 22.0. The van der Waals surface area contributed by atoms with Crippen LogP contribution >= 0.6 is 18.7 Å². The van der Waals surface area contributed by atoms with E-state index in [0.717, 1.165) is 0 Å². The van der Waals surface area contributed by atoms with Crippen molar-refractivity contribution in [3.8, 4) is 5.75 Å². The van der Waals surface area contributed by atoms with Gasteiger partial charge in [0.1, 0.15) is 12.2 Å². The number of hydrogen-bond donors (Lipinski definition) is 2. The molecule has 0 saturated heterocycles. The summed E-state index contributed by atoms with van der Waals surface area (Å²) in [6, 6.07) is 15.6. The Kier molecular flexibility index (Phi) is 11.7. The van der Waals surface area contributed by atoms with Crippen molar-refractivity contribution in [2.75, 3.05) is 43.7 Å². The van der Waals surface area contributed by atoms with Gasteiger partial charge in [-0.15, -0.1) is 31.3 Å². The predicted molar refractivity (Wildman–Crippen MR) is 146 cm³/mol. The molecule has 1 aromatic heterocycles. The van der Waals surface area contributed by atoms with E-state index in [0.29, 0.717) is 52.3 Å². The van der Waals surface area contributed by atoms with Crippen molar-refractivity contribution >= 4 is 53.1 Å². The second-order valence-corrected chi connectivity index (χ2v) is 11.6. The molecule has 0 atom stereocenters. The fraction of sp³-hybridized carbons (Fsp3) is 0.192. The Morgan fingerprint density at radius 1 is 1.32 bits per heavy atom. The molecule has 37 heavy (non-hydrogen) atoms. The van der Waals surface area contributed by atoms with Crippen LogP contribution in [0.4, 0.5) is 23.1 Å². The Morgan fingerprint density at radius 3 is 2.78 bits per heavy atom. The molecule has 1 heterocycles. The number of hydrogen-bond acceptors (Lipinski definition) is 7. The van der Waals surface area contributed by atoms with E-state index in [2.05, 4.69) is 40.2 Å². The minimum atomic E-state index is -2.52. The Hall–Kier alpha value is -2.75. The zero-order chi connectivity index (χ0) is 26.1. The summed E-state index contributed by atoms with van der Waals surface area (Å²) in [5.74, 6) is 1.02. The molecule has 0 aliphatic rings. The number of carbonyl (C=O) groups excluding carboxylic acids is 1. The van der Waals surface area contributed by atoms with Gasteiger partial charge >= 0.3 is 18.9 Å². The van der Waals surface area contributed by atoms with Gasteiger partial charge in [0.05, 0.1) is 11.9 Å². The third-order valence-corrected chi connectivity index (χ3v) is 6.80. The van der Waals surface area contributed by atoms with E-state index in [1.165, 1.54) is 12.3 Å². The third kappa shape index (κ3) is 8.94. The number of anilines is 4. The summed E-state index contributed by atoms with van der Waals surface area (Å²) < 4.78 is 18.4. The minimum Gasteiger partial charge on any atom is -0.551 e.